The molecule has 1 amide bonds. The first-order valence-corrected chi connectivity index (χ1v) is 15.5. The fourth-order valence-corrected chi connectivity index (χ4v) is 7.56. The topological polar surface area (TPSA) is 50.7 Å². The highest BCUT2D eigenvalue weighted by Gasteiger charge is 2.25. The van der Waals surface area contributed by atoms with Crippen LogP contribution in [0.25, 0.3) is 10.8 Å². The first kappa shape index (κ1) is 27.0. The fraction of sp³-hybridized carbons (Fsp3) is 0.152. The van der Waals surface area contributed by atoms with Gasteiger partial charge in [0, 0.05) is 27.4 Å². The van der Waals surface area contributed by atoms with Crippen LogP contribution in [0.15, 0.2) is 89.9 Å². The molecule has 0 bridgehead atoms. The molecule has 0 spiro atoms. The van der Waals surface area contributed by atoms with Gasteiger partial charge in [0.25, 0.3) is 5.91 Å². The second-order valence-electron chi connectivity index (χ2n) is 9.70. The maximum Gasteiger partial charge on any atom is 0.259 e. The third-order valence-electron chi connectivity index (χ3n) is 7.02. The molecule has 6 rings (SSSR count). The molecule has 1 aliphatic carbocycles. The second kappa shape index (κ2) is 12.1. The van der Waals surface area contributed by atoms with Crippen LogP contribution in [-0.4, -0.2) is 12.1 Å². The molecule has 0 unspecified atom stereocenters. The van der Waals surface area contributed by atoms with E-state index in [-0.39, 0.29) is 5.91 Å². The molecule has 0 atom stereocenters. The van der Waals surface area contributed by atoms with Gasteiger partial charge in [0.2, 0.25) is 0 Å². The first-order chi connectivity index (χ1) is 19.6. The summed E-state index contributed by atoms with van der Waals surface area (Å²) in [6.07, 6.45) is 5.87. The number of carbonyl (C=O) groups excluding carboxylic acids is 1. The molecule has 1 N–H and O–H groups in total. The average Bonchev–Trinajstić information content (AvgIpc) is 3.34. The summed E-state index contributed by atoms with van der Waals surface area (Å²) in [7, 11) is 0. The van der Waals surface area contributed by atoms with Crippen LogP contribution in [-0.2, 0) is 19.4 Å². The molecule has 1 aliphatic rings. The van der Waals surface area contributed by atoms with Crippen molar-refractivity contribution in [1.82, 2.24) is 0 Å². The van der Waals surface area contributed by atoms with E-state index in [4.69, 9.17) is 21.3 Å². The van der Waals surface area contributed by atoms with E-state index in [0.717, 1.165) is 62.4 Å². The molecule has 0 radical (unpaired) electrons. The second-order valence-corrected chi connectivity index (χ2v) is 12.4. The van der Waals surface area contributed by atoms with Gasteiger partial charge in [-0.2, -0.15) is 0 Å². The lowest BCUT2D eigenvalue weighted by Gasteiger charge is -2.14. The zero-order valence-corrected chi connectivity index (χ0v) is 25.4. The van der Waals surface area contributed by atoms with Gasteiger partial charge in [0.05, 0.1) is 9.13 Å². The Bertz CT molecular complexity index is 1730. The zero-order chi connectivity index (χ0) is 27.5. The molecule has 0 saturated carbocycles. The zero-order valence-electron chi connectivity index (χ0n) is 21.6. The van der Waals surface area contributed by atoms with Crippen molar-refractivity contribution in [2.75, 3.05) is 5.32 Å². The Hall–Kier alpha value is -3.20. The summed E-state index contributed by atoms with van der Waals surface area (Å²) in [6, 6.07) is 27.9. The van der Waals surface area contributed by atoms with E-state index < -0.39 is 0 Å². The monoisotopic (exact) mass is 676 g/mol. The number of hydrogen-bond donors (Lipinski definition) is 1. The van der Waals surface area contributed by atoms with Gasteiger partial charge < -0.3 is 10.1 Å². The lowest BCUT2D eigenvalue weighted by atomic mass is 9.95. The summed E-state index contributed by atoms with van der Waals surface area (Å²) in [4.78, 5) is 19.6. The van der Waals surface area contributed by atoms with Crippen LogP contribution < -0.4 is 10.1 Å². The molecule has 4 aromatic carbocycles. The van der Waals surface area contributed by atoms with Crippen LogP contribution in [0.3, 0.4) is 0 Å². The van der Waals surface area contributed by atoms with Gasteiger partial charge in [0.15, 0.2) is 0 Å². The Morgan fingerprint density at radius 3 is 2.65 bits per heavy atom. The third kappa shape index (κ3) is 5.80. The van der Waals surface area contributed by atoms with E-state index in [1.807, 2.05) is 54.6 Å². The number of fused-ring (bicyclic) bond motifs is 2. The van der Waals surface area contributed by atoms with Crippen LogP contribution in [0.1, 0.15) is 44.8 Å². The van der Waals surface area contributed by atoms with Gasteiger partial charge in [-0.3, -0.25) is 4.79 Å². The van der Waals surface area contributed by atoms with Gasteiger partial charge in [-0.25, -0.2) is 4.99 Å². The number of nitrogens with zero attached hydrogens (tertiary/aromatic N) is 1. The summed E-state index contributed by atoms with van der Waals surface area (Å²) in [6.45, 7) is 0.415. The maximum absolute atomic E-state index is 13.5. The van der Waals surface area contributed by atoms with Crippen LogP contribution >= 0.6 is 45.5 Å². The predicted molar refractivity (Wildman–Crippen MR) is 175 cm³/mol. The Morgan fingerprint density at radius 1 is 1.00 bits per heavy atom. The molecule has 5 aromatic rings. The standard InChI is InChI=1S/C33H26ClIN2O2S/c34-24-17-23(31(28(35)18-24)39-20-22-11-8-10-21-9-4-5-14-26(21)22)19-36-33-30(27-15-6-7-16-29(27)40-33)32(38)37-25-12-2-1-3-13-25/h1-5,8-14,17-19H,6-7,15-16,20H2,(H,37,38). The summed E-state index contributed by atoms with van der Waals surface area (Å²) < 4.78 is 7.31. The molecule has 40 heavy (non-hydrogen) atoms. The number of amides is 1. The Balaban J connectivity index is 1.33. The number of hydrogen-bond acceptors (Lipinski definition) is 4. The molecule has 1 aromatic heterocycles. The van der Waals surface area contributed by atoms with E-state index in [0.29, 0.717) is 17.2 Å². The van der Waals surface area contributed by atoms with E-state index in [2.05, 4.69) is 58.2 Å². The molecule has 0 aliphatic heterocycles. The molecular weight excluding hydrogens is 651 g/mol. The number of nitrogens with one attached hydrogen (secondary N) is 1. The van der Waals surface area contributed by atoms with Crippen molar-refractivity contribution in [1.29, 1.82) is 0 Å². The van der Waals surface area contributed by atoms with E-state index in [9.17, 15) is 4.79 Å². The van der Waals surface area contributed by atoms with Crippen molar-refractivity contribution in [3.8, 4) is 5.75 Å². The number of thiophene rings is 1. The summed E-state index contributed by atoms with van der Waals surface area (Å²) >= 11 is 10.3. The minimum absolute atomic E-state index is 0.120. The van der Waals surface area contributed by atoms with E-state index >= 15 is 0 Å². The fourth-order valence-electron chi connectivity index (χ4n) is 5.12. The Labute approximate surface area is 256 Å². The number of carbonyl (C=O) groups is 1. The molecular formula is C33H26ClIN2O2S. The third-order valence-corrected chi connectivity index (χ3v) is 9.24. The number of halogens is 2. The van der Waals surface area contributed by atoms with Gasteiger partial charge in [-0.05, 0) is 94.4 Å². The molecule has 200 valence electrons. The number of para-hydroxylation sites is 1. The minimum atomic E-state index is -0.120. The lowest BCUT2D eigenvalue weighted by Crippen LogP contribution is -2.14. The number of benzene rings is 4. The average molecular weight is 677 g/mol. The van der Waals surface area contributed by atoms with Crippen LogP contribution in [0, 0.1) is 3.57 Å². The van der Waals surface area contributed by atoms with Crippen molar-refractivity contribution in [2.24, 2.45) is 4.99 Å². The highest BCUT2D eigenvalue weighted by atomic mass is 127. The number of aliphatic imine (C=N–C) groups is 1. The highest BCUT2D eigenvalue weighted by molar-refractivity contribution is 14.1. The van der Waals surface area contributed by atoms with Crippen LogP contribution in [0.5, 0.6) is 5.75 Å². The number of anilines is 1. The quantitative estimate of drug-likeness (QED) is 0.138. The number of aryl methyl sites for hydroxylation is 1. The molecule has 1 heterocycles. The summed E-state index contributed by atoms with van der Waals surface area (Å²) in [5.74, 6) is 0.601. The lowest BCUT2D eigenvalue weighted by molar-refractivity contribution is 0.102. The van der Waals surface area contributed by atoms with Crippen LogP contribution in [0.4, 0.5) is 10.7 Å². The van der Waals surface area contributed by atoms with Gasteiger partial charge in [-0.1, -0.05) is 72.3 Å². The largest absolute Gasteiger partial charge is 0.487 e. The number of ether oxygens (including phenoxy) is 1. The van der Waals surface area contributed by atoms with E-state index in [1.165, 1.54) is 15.6 Å². The SMILES string of the molecule is O=C(Nc1ccccc1)c1c(N=Cc2cc(Cl)cc(I)c2OCc2cccc3ccccc23)sc2c1CCCC2. The minimum Gasteiger partial charge on any atom is -0.487 e. The van der Waals surface area contributed by atoms with Crippen molar-refractivity contribution in [3.05, 3.63) is 121 Å². The van der Waals surface area contributed by atoms with E-state index in [1.54, 1.807) is 17.6 Å². The van der Waals surface area contributed by atoms with Gasteiger partial charge in [-0.15, -0.1) is 11.3 Å². The molecule has 7 heteroatoms. The summed E-state index contributed by atoms with van der Waals surface area (Å²) in [5.41, 5.74) is 4.46. The molecule has 4 nitrogen and oxygen atoms in total. The predicted octanol–water partition coefficient (Wildman–Crippen LogP) is 9.62. The van der Waals surface area contributed by atoms with Gasteiger partial charge in [0.1, 0.15) is 17.4 Å². The summed E-state index contributed by atoms with van der Waals surface area (Å²) in [5, 5.41) is 6.74. The van der Waals surface area contributed by atoms with Crippen LogP contribution in [0.2, 0.25) is 5.02 Å². The molecule has 0 saturated heterocycles. The molecule has 0 fully saturated rings. The Morgan fingerprint density at radius 2 is 1.77 bits per heavy atom. The number of rotatable bonds is 7. The van der Waals surface area contributed by atoms with Crippen molar-refractivity contribution in [2.45, 2.75) is 32.3 Å². The normalized spacial score (nSPS) is 12.9. The smallest absolute Gasteiger partial charge is 0.259 e. The van der Waals surface area contributed by atoms with Crippen molar-refractivity contribution >= 4 is 79.1 Å². The van der Waals surface area contributed by atoms with Crippen molar-refractivity contribution < 1.29 is 9.53 Å². The van der Waals surface area contributed by atoms with Crippen molar-refractivity contribution in [3.63, 3.8) is 0 Å². The maximum atomic E-state index is 13.5. The highest BCUT2D eigenvalue weighted by Crippen LogP contribution is 2.41. The first-order valence-electron chi connectivity index (χ1n) is 13.2. The Kier molecular flexibility index (Phi) is 8.18. The van der Waals surface area contributed by atoms with Gasteiger partial charge >= 0.3 is 0 Å².